The number of hydrogen-bond acceptors (Lipinski definition) is 3. The van der Waals surface area contributed by atoms with Crippen LogP contribution in [0.25, 0.3) is 0 Å². The number of aliphatic carboxylic acids is 1. The summed E-state index contributed by atoms with van der Waals surface area (Å²) in [6, 6.07) is 12.4. The average molecular weight is 383 g/mol. The highest BCUT2D eigenvalue weighted by Gasteiger charge is 2.26. The van der Waals surface area contributed by atoms with Crippen LogP contribution in [0.15, 0.2) is 48.5 Å². The summed E-state index contributed by atoms with van der Waals surface area (Å²) in [4.78, 5) is 36.2. The summed E-state index contributed by atoms with van der Waals surface area (Å²) < 4.78 is 0. The minimum atomic E-state index is -1.07. The second kappa shape index (κ2) is 9.55. The first kappa shape index (κ1) is 21.0. The Morgan fingerprint density at radius 3 is 2.32 bits per heavy atom. The van der Waals surface area contributed by atoms with Crippen molar-refractivity contribution in [1.82, 2.24) is 5.32 Å². The molecular weight excluding hydrogens is 358 g/mol. The van der Waals surface area contributed by atoms with Crippen LogP contribution < -0.4 is 16.0 Å². The number of benzene rings is 2. The molecule has 2 rings (SSSR count). The fraction of sp³-hybridized carbons (Fsp3) is 0.286. The Hall–Kier alpha value is -3.35. The molecule has 0 aliphatic heterocycles. The van der Waals surface area contributed by atoms with Gasteiger partial charge in [0.2, 0.25) is 0 Å². The minimum Gasteiger partial charge on any atom is -0.480 e. The quantitative estimate of drug-likeness (QED) is 0.582. The van der Waals surface area contributed by atoms with Gasteiger partial charge in [0, 0.05) is 16.9 Å². The SMILES string of the molecule is CC[C@H](C)[C@H](NC(=O)c1ccc(C)c(NC(=O)Nc2ccccc2)c1)C(=O)O. The van der Waals surface area contributed by atoms with E-state index in [-0.39, 0.29) is 11.5 Å². The number of carboxylic acid groups (broad SMARTS) is 1. The van der Waals surface area contributed by atoms with Gasteiger partial charge in [-0.3, -0.25) is 4.79 Å². The van der Waals surface area contributed by atoms with Crippen molar-refractivity contribution in [2.75, 3.05) is 10.6 Å². The first-order chi connectivity index (χ1) is 13.3. The standard InChI is InChI=1S/C21H25N3O4/c1-4-13(2)18(20(26)27)24-19(25)15-11-10-14(3)17(12-15)23-21(28)22-16-8-6-5-7-9-16/h5-13,18H,4H2,1-3H3,(H,24,25)(H,26,27)(H2,22,23,28)/t13-,18-/m0/s1. The summed E-state index contributed by atoms with van der Waals surface area (Å²) in [5, 5.41) is 17.3. The van der Waals surface area contributed by atoms with Gasteiger partial charge in [0.05, 0.1) is 0 Å². The normalized spacial score (nSPS) is 12.5. The Bertz CT molecular complexity index is 852. The predicted molar refractivity (Wildman–Crippen MR) is 109 cm³/mol. The maximum absolute atomic E-state index is 12.5. The Balaban J connectivity index is 2.12. The lowest BCUT2D eigenvalue weighted by atomic mass is 9.98. The summed E-state index contributed by atoms with van der Waals surface area (Å²) >= 11 is 0. The molecule has 0 unspecified atom stereocenters. The molecule has 2 aromatic rings. The van der Waals surface area contributed by atoms with Crippen LogP contribution in [0.4, 0.5) is 16.2 Å². The smallest absolute Gasteiger partial charge is 0.326 e. The Kier molecular flexibility index (Phi) is 7.14. The lowest BCUT2D eigenvalue weighted by molar-refractivity contribution is -0.140. The summed E-state index contributed by atoms with van der Waals surface area (Å²) in [5.41, 5.74) is 2.16. The molecule has 148 valence electrons. The lowest BCUT2D eigenvalue weighted by Gasteiger charge is -2.20. The van der Waals surface area contributed by atoms with Crippen LogP contribution in [0.1, 0.15) is 36.2 Å². The molecular formula is C21H25N3O4. The fourth-order valence-electron chi connectivity index (χ4n) is 2.61. The molecule has 28 heavy (non-hydrogen) atoms. The predicted octanol–water partition coefficient (Wildman–Crippen LogP) is 3.87. The van der Waals surface area contributed by atoms with Gasteiger partial charge < -0.3 is 21.1 Å². The van der Waals surface area contributed by atoms with E-state index in [4.69, 9.17) is 0 Å². The highest BCUT2D eigenvalue weighted by atomic mass is 16.4. The van der Waals surface area contributed by atoms with Crippen molar-refractivity contribution in [2.24, 2.45) is 5.92 Å². The van der Waals surface area contributed by atoms with Gasteiger partial charge in [0.15, 0.2) is 0 Å². The molecule has 0 aromatic heterocycles. The molecule has 7 nitrogen and oxygen atoms in total. The first-order valence-corrected chi connectivity index (χ1v) is 9.09. The largest absolute Gasteiger partial charge is 0.480 e. The zero-order valence-corrected chi connectivity index (χ0v) is 16.2. The van der Waals surface area contributed by atoms with Gasteiger partial charge in [0.1, 0.15) is 6.04 Å². The third-order valence-corrected chi connectivity index (χ3v) is 4.55. The molecule has 0 bridgehead atoms. The third kappa shape index (κ3) is 5.57. The summed E-state index contributed by atoms with van der Waals surface area (Å²) in [6.07, 6.45) is 0.623. The highest BCUT2D eigenvalue weighted by molar-refractivity contribution is 6.02. The van der Waals surface area contributed by atoms with Crippen molar-refractivity contribution < 1.29 is 19.5 Å². The lowest BCUT2D eigenvalue weighted by Crippen LogP contribution is -2.45. The van der Waals surface area contributed by atoms with Gasteiger partial charge in [-0.1, -0.05) is 44.5 Å². The van der Waals surface area contributed by atoms with Crippen LogP contribution in [0.5, 0.6) is 0 Å². The number of nitrogens with one attached hydrogen (secondary N) is 3. The van der Waals surface area contributed by atoms with E-state index < -0.39 is 23.9 Å². The monoisotopic (exact) mass is 383 g/mol. The number of anilines is 2. The van der Waals surface area contributed by atoms with Crippen molar-refractivity contribution in [3.05, 3.63) is 59.7 Å². The zero-order chi connectivity index (χ0) is 20.7. The van der Waals surface area contributed by atoms with E-state index in [1.165, 1.54) is 6.07 Å². The van der Waals surface area contributed by atoms with Gasteiger partial charge in [-0.25, -0.2) is 9.59 Å². The van der Waals surface area contributed by atoms with Crippen molar-refractivity contribution in [3.63, 3.8) is 0 Å². The molecule has 0 saturated carbocycles. The Labute approximate surface area is 164 Å². The van der Waals surface area contributed by atoms with Crippen LogP contribution in [0, 0.1) is 12.8 Å². The second-order valence-corrected chi connectivity index (χ2v) is 6.65. The molecule has 0 aliphatic carbocycles. The maximum Gasteiger partial charge on any atom is 0.326 e. The molecule has 2 aromatic carbocycles. The molecule has 0 fully saturated rings. The zero-order valence-electron chi connectivity index (χ0n) is 16.2. The Morgan fingerprint density at radius 2 is 1.71 bits per heavy atom. The molecule has 0 radical (unpaired) electrons. The average Bonchev–Trinajstić information content (AvgIpc) is 2.67. The Morgan fingerprint density at radius 1 is 1.04 bits per heavy atom. The molecule has 4 N–H and O–H groups in total. The van der Waals surface area contributed by atoms with Gasteiger partial charge in [-0.2, -0.15) is 0 Å². The molecule has 2 atom stereocenters. The van der Waals surface area contributed by atoms with Crippen LogP contribution in [0.2, 0.25) is 0 Å². The van der Waals surface area contributed by atoms with Crippen molar-refractivity contribution >= 4 is 29.3 Å². The van der Waals surface area contributed by atoms with Gasteiger partial charge in [-0.15, -0.1) is 0 Å². The number of carboxylic acids is 1. The first-order valence-electron chi connectivity index (χ1n) is 9.09. The van der Waals surface area contributed by atoms with Gasteiger partial charge in [-0.05, 0) is 42.7 Å². The van der Waals surface area contributed by atoms with E-state index in [1.54, 1.807) is 38.1 Å². The maximum atomic E-state index is 12.5. The summed E-state index contributed by atoms with van der Waals surface area (Å²) in [5.74, 6) is -1.78. The number of rotatable bonds is 7. The van der Waals surface area contributed by atoms with Crippen molar-refractivity contribution in [1.29, 1.82) is 0 Å². The second-order valence-electron chi connectivity index (χ2n) is 6.65. The fourth-order valence-corrected chi connectivity index (χ4v) is 2.61. The number of aryl methyl sites for hydroxylation is 1. The molecule has 3 amide bonds. The van der Waals surface area contributed by atoms with E-state index in [9.17, 15) is 19.5 Å². The number of urea groups is 1. The van der Waals surface area contributed by atoms with E-state index in [2.05, 4.69) is 16.0 Å². The van der Waals surface area contributed by atoms with Crippen molar-refractivity contribution in [2.45, 2.75) is 33.2 Å². The van der Waals surface area contributed by atoms with Crippen LogP contribution in [-0.2, 0) is 4.79 Å². The number of para-hydroxylation sites is 1. The van der Waals surface area contributed by atoms with Crippen LogP contribution >= 0.6 is 0 Å². The number of hydrogen-bond donors (Lipinski definition) is 4. The highest BCUT2D eigenvalue weighted by Crippen LogP contribution is 2.18. The van der Waals surface area contributed by atoms with Gasteiger partial charge in [0.25, 0.3) is 5.91 Å². The topological polar surface area (TPSA) is 108 Å². The molecule has 0 aliphatic rings. The number of carbonyl (C=O) groups excluding carboxylic acids is 2. The third-order valence-electron chi connectivity index (χ3n) is 4.55. The van der Waals surface area contributed by atoms with Gasteiger partial charge >= 0.3 is 12.0 Å². The van der Waals surface area contributed by atoms with E-state index in [0.29, 0.717) is 17.8 Å². The van der Waals surface area contributed by atoms with E-state index >= 15 is 0 Å². The minimum absolute atomic E-state index is 0.207. The van der Waals surface area contributed by atoms with Crippen LogP contribution in [-0.4, -0.2) is 29.1 Å². The van der Waals surface area contributed by atoms with E-state index in [0.717, 1.165) is 5.56 Å². The number of carbonyl (C=O) groups is 3. The summed E-state index contributed by atoms with van der Waals surface area (Å²) in [7, 11) is 0. The number of amides is 3. The molecule has 0 saturated heterocycles. The van der Waals surface area contributed by atoms with Crippen molar-refractivity contribution in [3.8, 4) is 0 Å². The molecule has 7 heteroatoms. The van der Waals surface area contributed by atoms with E-state index in [1.807, 2.05) is 25.1 Å². The molecule has 0 spiro atoms. The van der Waals surface area contributed by atoms with Crippen LogP contribution in [0.3, 0.4) is 0 Å². The molecule has 0 heterocycles. The summed E-state index contributed by atoms with van der Waals surface area (Å²) in [6.45, 7) is 5.44.